The van der Waals surface area contributed by atoms with Gasteiger partial charge in [-0.05, 0) is 36.8 Å². The molecule has 0 radical (unpaired) electrons. The number of ether oxygens (including phenoxy) is 4. The Balaban J connectivity index is 1.53. The molecular formula is C34H39N5O5S. The van der Waals surface area contributed by atoms with E-state index in [4.69, 9.17) is 30.1 Å². The second-order valence-electron chi connectivity index (χ2n) is 11.2. The molecule has 11 heteroatoms. The first-order valence-electron chi connectivity index (χ1n) is 14.6. The molecule has 2 heterocycles. The van der Waals surface area contributed by atoms with Crippen molar-refractivity contribution in [3.05, 3.63) is 125 Å². The molecule has 10 nitrogen and oxygen atoms in total. The quantitative estimate of drug-likeness (QED) is 0.125. The van der Waals surface area contributed by atoms with Gasteiger partial charge in [-0.3, -0.25) is 5.41 Å². The zero-order chi connectivity index (χ0) is 31.9. The van der Waals surface area contributed by atoms with Gasteiger partial charge in [0.15, 0.2) is 22.4 Å². The van der Waals surface area contributed by atoms with Gasteiger partial charge in [0.2, 0.25) is 5.79 Å². The number of hydrogen-bond acceptors (Lipinski definition) is 8. The summed E-state index contributed by atoms with van der Waals surface area (Å²) in [6.07, 6.45) is 2.35. The second-order valence-corrected chi connectivity index (χ2v) is 12.0. The van der Waals surface area contributed by atoms with E-state index in [0.29, 0.717) is 6.61 Å². The van der Waals surface area contributed by atoms with E-state index in [1.54, 1.807) is 13.2 Å². The molecule has 0 aliphatic carbocycles. The largest absolute Gasteiger partial charge is 0.381 e. The van der Waals surface area contributed by atoms with Gasteiger partial charge in [0.05, 0.1) is 38.3 Å². The number of nitrogens with two attached hydrogens (primary N) is 1. The van der Waals surface area contributed by atoms with Crippen molar-refractivity contribution in [2.24, 2.45) is 10.7 Å². The van der Waals surface area contributed by atoms with E-state index in [1.165, 1.54) is 6.20 Å². The molecule has 3 aromatic carbocycles. The van der Waals surface area contributed by atoms with Crippen LogP contribution in [0.15, 0.2) is 102 Å². The normalized spacial score (nSPS) is 25.0. The first kappa shape index (κ1) is 32.6. The molecule has 1 aromatic heterocycles. The van der Waals surface area contributed by atoms with Crippen molar-refractivity contribution in [1.82, 2.24) is 9.97 Å². The van der Waals surface area contributed by atoms with E-state index in [-0.39, 0.29) is 42.3 Å². The minimum absolute atomic E-state index is 0.0000577. The summed E-state index contributed by atoms with van der Waals surface area (Å²) in [6, 6.07) is 29.3. The second kappa shape index (κ2) is 14.1. The Morgan fingerprint density at radius 3 is 2.09 bits per heavy atom. The molecule has 0 amide bonds. The Morgan fingerprint density at radius 2 is 1.51 bits per heavy atom. The molecule has 236 valence electrons. The summed E-state index contributed by atoms with van der Waals surface area (Å²) in [7, 11) is 0. The average molecular weight is 630 g/mol. The van der Waals surface area contributed by atoms with E-state index in [1.807, 2.05) is 97.9 Å². The molecule has 1 aliphatic heterocycles. The van der Waals surface area contributed by atoms with Gasteiger partial charge in [-0.25, -0.2) is 9.98 Å². The Labute approximate surface area is 267 Å². The van der Waals surface area contributed by atoms with E-state index >= 15 is 0 Å². The maximum absolute atomic E-state index is 12.6. The summed E-state index contributed by atoms with van der Waals surface area (Å²) in [5.74, 6) is -1.91. The van der Waals surface area contributed by atoms with Crippen LogP contribution in [0.4, 0.5) is 0 Å². The maximum atomic E-state index is 12.6. The van der Waals surface area contributed by atoms with Crippen LogP contribution in [0.25, 0.3) is 0 Å². The first-order valence-corrected chi connectivity index (χ1v) is 15.8. The van der Waals surface area contributed by atoms with Gasteiger partial charge in [0.25, 0.3) is 0 Å². The number of amidine groups is 2. The lowest BCUT2D eigenvalue weighted by atomic mass is 9.83. The fraction of sp³-hybridized carbons (Fsp3) is 0.324. The Bertz CT molecular complexity index is 1590. The third-order valence-electron chi connectivity index (χ3n) is 7.85. The number of rotatable bonds is 12. The number of nitrogens with zero attached hydrogens (tertiary/aromatic N) is 2. The van der Waals surface area contributed by atoms with Crippen LogP contribution in [0.1, 0.15) is 42.1 Å². The van der Waals surface area contributed by atoms with Crippen molar-refractivity contribution >= 4 is 22.8 Å². The molecular weight excluding hydrogens is 590 g/mol. The van der Waals surface area contributed by atoms with Gasteiger partial charge in [0, 0.05) is 0 Å². The molecule has 45 heavy (non-hydrogen) atoms. The molecule has 5 N–H and O–H groups in total. The van der Waals surface area contributed by atoms with Gasteiger partial charge in [0.1, 0.15) is 11.7 Å². The number of aromatic nitrogens is 2. The highest BCUT2D eigenvalue weighted by molar-refractivity contribution is 8.13. The Kier molecular flexibility index (Phi) is 10.2. The van der Waals surface area contributed by atoms with Crippen molar-refractivity contribution in [3.63, 3.8) is 0 Å². The van der Waals surface area contributed by atoms with Crippen molar-refractivity contribution in [3.8, 4) is 0 Å². The smallest absolute Gasteiger partial charge is 0.242 e. The molecule has 4 aromatic rings. The van der Waals surface area contributed by atoms with E-state index in [0.717, 1.165) is 28.5 Å². The summed E-state index contributed by atoms with van der Waals surface area (Å²) in [4.78, 5) is 11.5. The molecule has 4 atom stereocenters. The first-order chi connectivity index (χ1) is 21.7. The van der Waals surface area contributed by atoms with Crippen LogP contribution in [0.5, 0.6) is 0 Å². The summed E-state index contributed by atoms with van der Waals surface area (Å²) >= 11 is 1.14. The van der Waals surface area contributed by atoms with Crippen LogP contribution in [-0.4, -0.2) is 56.2 Å². The fourth-order valence-corrected chi connectivity index (χ4v) is 5.72. The van der Waals surface area contributed by atoms with Crippen LogP contribution in [0.2, 0.25) is 0 Å². The molecule has 1 aliphatic rings. The van der Waals surface area contributed by atoms with E-state index in [9.17, 15) is 5.11 Å². The third kappa shape index (κ3) is 7.19. The summed E-state index contributed by atoms with van der Waals surface area (Å²) in [6.45, 7) is 4.47. The molecule has 2 unspecified atom stereocenters. The number of thioether (sulfide) groups is 1. The van der Waals surface area contributed by atoms with Crippen LogP contribution >= 0.6 is 11.8 Å². The van der Waals surface area contributed by atoms with Crippen LogP contribution in [0, 0.1) is 5.41 Å². The molecule has 0 bridgehead atoms. The Hall–Kier alpha value is -3.84. The molecule has 0 saturated carbocycles. The number of benzene rings is 3. The number of hydrogen-bond donors (Lipinski definition) is 4. The lowest BCUT2D eigenvalue weighted by molar-refractivity contribution is -0.302. The molecule has 1 fully saturated rings. The average Bonchev–Trinajstić information content (AvgIpc) is 3.62. The Morgan fingerprint density at radius 1 is 0.956 bits per heavy atom. The van der Waals surface area contributed by atoms with Gasteiger partial charge < -0.3 is 34.8 Å². The molecule has 0 spiro atoms. The highest BCUT2D eigenvalue weighted by Gasteiger charge is 2.71. The number of aliphatic hydroxyl groups is 1. The van der Waals surface area contributed by atoms with Gasteiger partial charge >= 0.3 is 0 Å². The van der Waals surface area contributed by atoms with Crippen molar-refractivity contribution in [1.29, 1.82) is 5.41 Å². The highest BCUT2D eigenvalue weighted by atomic mass is 32.2. The van der Waals surface area contributed by atoms with Gasteiger partial charge in [-0.2, -0.15) is 0 Å². The molecule has 5 rings (SSSR count). The van der Waals surface area contributed by atoms with Crippen LogP contribution in [0.3, 0.4) is 0 Å². The van der Waals surface area contributed by atoms with Crippen LogP contribution < -0.4 is 5.73 Å². The number of imidazole rings is 1. The topological polar surface area (TPSA) is 148 Å². The van der Waals surface area contributed by atoms with Crippen molar-refractivity contribution < 1.29 is 24.1 Å². The zero-order valence-electron chi connectivity index (χ0n) is 25.6. The number of nitrogens with one attached hydrogen (secondary N) is 2. The predicted octanol–water partition coefficient (Wildman–Crippen LogP) is 5.12. The summed E-state index contributed by atoms with van der Waals surface area (Å²) in [5, 5.41) is 20.5. The van der Waals surface area contributed by atoms with Crippen molar-refractivity contribution in [2.45, 2.75) is 56.8 Å². The summed E-state index contributed by atoms with van der Waals surface area (Å²) < 4.78 is 26.2. The zero-order valence-corrected chi connectivity index (χ0v) is 26.4. The third-order valence-corrected chi connectivity index (χ3v) is 8.33. The maximum Gasteiger partial charge on any atom is 0.242 e. The van der Waals surface area contributed by atoms with Gasteiger partial charge in [-0.15, -0.1) is 0 Å². The lowest BCUT2D eigenvalue weighted by Crippen LogP contribution is -2.57. The van der Waals surface area contributed by atoms with E-state index in [2.05, 4.69) is 15.0 Å². The minimum atomic E-state index is -2.09. The monoisotopic (exact) mass is 629 g/mol. The lowest BCUT2D eigenvalue weighted by Gasteiger charge is -2.40. The number of aromatic amines is 1. The standard InChI is InChI=1S/C34H39N5O5S/c1-32(23-41-20-24-13-7-4-8-14-24)30(42-21-25-15-9-5-10-16-25)33(2,43-22-26-17-11-6-12-18-26)34(40,44-32)27-19-37-29(38-27)28(35)39-31(36)45-3/h4-19,30,40H,20-23H2,1-3H3,(H,37,38)(H3,35,36,39)/t30-,32?,33-,34?/m1/s1. The van der Waals surface area contributed by atoms with Crippen molar-refractivity contribution in [2.75, 3.05) is 12.9 Å². The number of H-pyrrole nitrogens is 1. The fourth-order valence-electron chi connectivity index (χ4n) is 5.53. The number of aliphatic imine (C=N–C) groups is 1. The van der Waals surface area contributed by atoms with Gasteiger partial charge in [-0.1, -0.05) is 103 Å². The predicted molar refractivity (Wildman–Crippen MR) is 175 cm³/mol. The van der Waals surface area contributed by atoms with Crippen LogP contribution in [-0.2, 0) is 44.6 Å². The highest BCUT2D eigenvalue weighted by Crippen LogP contribution is 2.53. The SMILES string of the molecule is CSC(=N)N=C(N)c1ncc(C2(O)OC(C)(COCc3ccccc3)[C@@H](OCc3ccccc3)[C@@]2(C)OCc2ccccc2)[nH]1. The molecule has 1 saturated heterocycles. The van der Waals surface area contributed by atoms with E-state index < -0.39 is 23.1 Å². The summed E-state index contributed by atoms with van der Waals surface area (Å²) in [5.41, 5.74) is 6.54. The minimum Gasteiger partial charge on any atom is -0.381 e.